The number of rotatable bonds is 0. The minimum Gasteiger partial charge on any atom is -0.358 e. The Morgan fingerprint density at radius 3 is 1.05 bits per heavy atom. The van der Waals surface area contributed by atoms with Crippen molar-refractivity contribution < 1.29 is 131 Å². The molecular formula is C58H72Y4-4. The molecule has 2 unspecified atom stereocenters. The smallest absolute Gasteiger partial charge is 0.00675 e. The average molecular weight is 1120 g/mol. The van der Waals surface area contributed by atoms with E-state index in [1.165, 1.54) is 87.6 Å². The maximum atomic E-state index is 2.51. The molecule has 8 bridgehead atoms. The van der Waals surface area contributed by atoms with Crippen LogP contribution in [-0.2, 0) is 144 Å². The first kappa shape index (κ1) is 67.8. The fourth-order valence-electron chi connectivity index (χ4n) is 8.15. The van der Waals surface area contributed by atoms with Crippen molar-refractivity contribution in [3.8, 4) is 0 Å². The Labute approximate surface area is 480 Å². The van der Waals surface area contributed by atoms with Crippen LogP contribution in [0.1, 0.15) is 126 Å². The van der Waals surface area contributed by atoms with Crippen LogP contribution in [0, 0.1) is 29.7 Å². The number of fused-ring (bicyclic) bond motifs is 16. The van der Waals surface area contributed by atoms with E-state index in [4.69, 9.17) is 0 Å². The van der Waals surface area contributed by atoms with Crippen molar-refractivity contribution in [2.75, 3.05) is 0 Å². The molecule has 0 N–H and O–H groups in total. The molecule has 9 rings (SSSR count). The van der Waals surface area contributed by atoms with Gasteiger partial charge >= 0.3 is 0 Å². The Balaban J connectivity index is -0.000000998. The Hall–Kier alpha value is -0.784. The molecule has 62 heavy (non-hydrogen) atoms. The number of benzene rings is 8. The molecule has 1 aliphatic carbocycles. The van der Waals surface area contributed by atoms with Gasteiger partial charge in [-0.1, -0.05) is 215 Å². The van der Waals surface area contributed by atoms with E-state index in [9.17, 15) is 0 Å². The van der Waals surface area contributed by atoms with Gasteiger partial charge in [0.05, 0.1) is 0 Å². The van der Waals surface area contributed by atoms with Crippen molar-refractivity contribution in [2.45, 2.75) is 93.9 Å². The zero-order chi connectivity index (χ0) is 38.8. The Morgan fingerprint density at radius 2 is 0.613 bits per heavy atom. The maximum absolute atomic E-state index is 2.51. The van der Waals surface area contributed by atoms with Crippen LogP contribution in [0.2, 0.25) is 0 Å². The van der Waals surface area contributed by atoms with E-state index >= 15 is 0 Å². The second-order valence-electron chi connectivity index (χ2n) is 13.4. The van der Waals surface area contributed by atoms with Crippen LogP contribution in [0.3, 0.4) is 0 Å². The molecule has 320 valence electrons. The molecule has 0 aliphatic heterocycles. The van der Waals surface area contributed by atoms with E-state index in [0.717, 1.165) is 12.8 Å². The van der Waals surface area contributed by atoms with Crippen molar-refractivity contribution in [3.63, 3.8) is 0 Å². The first-order valence-corrected chi connectivity index (χ1v) is 20.7. The SMILES string of the molecule is CC.CC.CC.CC.CC1c2cc(c3ccccc3c2)C(C)c2cc(c3ccccc3c2)Cc2cc(c3ccccc3c2)Cc2cc1c1ccccc1c2.[CH3-].[CH3-].[CH3-].[CH3-].[Y].[Y].[Y].[Y]. The molecule has 0 fully saturated rings. The maximum Gasteiger partial charge on any atom is 0.00675 e. The molecule has 1 aliphatic rings. The molecule has 8 aromatic rings. The van der Waals surface area contributed by atoms with Crippen LogP contribution in [0.15, 0.2) is 146 Å². The van der Waals surface area contributed by atoms with E-state index in [1.54, 1.807) is 0 Å². The zero-order valence-electron chi connectivity index (χ0n) is 40.7. The number of hydrogen-bond donors (Lipinski definition) is 0. The predicted molar refractivity (Wildman–Crippen MR) is 267 cm³/mol. The van der Waals surface area contributed by atoms with E-state index in [0.29, 0.717) is 0 Å². The quantitative estimate of drug-likeness (QED) is 0.133. The molecule has 4 heteroatoms. The van der Waals surface area contributed by atoms with Gasteiger partial charge in [0.15, 0.2) is 0 Å². The molecule has 0 saturated heterocycles. The van der Waals surface area contributed by atoms with Gasteiger partial charge in [-0.15, -0.1) is 0 Å². The molecule has 8 aromatic carbocycles. The third-order valence-corrected chi connectivity index (χ3v) is 10.6. The van der Waals surface area contributed by atoms with Crippen molar-refractivity contribution >= 4 is 43.1 Å². The Kier molecular flexibility index (Phi) is 36.8. The molecule has 2 atom stereocenters. The Morgan fingerprint density at radius 1 is 0.323 bits per heavy atom. The normalized spacial score (nSPS) is 12.5. The largest absolute Gasteiger partial charge is 0.358 e. The van der Waals surface area contributed by atoms with Gasteiger partial charge in [0.2, 0.25) is 0 Å². The summed E-state index contributed by atoms with van der Waals surface area (Å²) in [6.07, 6.45) is 1.80. The van der Waals surface area contributed by atoms with Crippen molar-refractivity contribution in [3.05, 3.63) is 220 Å². The van der Waals surface area contributed by atoms with Crippen LogP contribution in [0.5, 0.6) is 0 Å². The molecule has 0 spiro atoms. The van der Waals surface area contributed by atoms with Gasteiger partial charge in [0.1, 0.15) is 0 Å². The van der Waals surface area contributed by atoms with Crippen LogP contribution in [0.4, 0.5) is 0 Å². The summed E-state index contributed by atoms with van der Waals surface area (Å²) < 4.78 is 0. The van der Waals surface area contributed by atoms with E-state index < -0.39 is 0 Å². The van der Waals surface area contributed by atoms with Gasteiger partial charge in [-0.25, -0.2) is 0 Å². The van der Waals surface area contributed by atoms with Crippen LogP contribution in [0.25, 0.3) is 43.1 Å². The summed E-state index contributed by atoms with van der Waals surface area (Å²) in [6, 6.07) is 55.5. The Bertz CT molecular complexity index is 2480. The first-order valence-electron chi connectivity index (χ1n) is 20.7. The van der Waals surface area contributed by atoms with E-state index in [1.807, 2.05) is 55.4 Å². The summed E-state index contributed by atoms with van der Waals surface area (Å²) in [5.41, 5.74) is 11.1. The monoisotopic (exact) mass is 1120 g/mol. The fraction of sp³-hybridized carbons (Fsp3) is 0.241. The summed E-state index contributed by atoms with van der Waals surface area (Å²) in [6.45, 7) is 20.8. The van der Waals surface area contributed by atoms with Crippen molar-refractivity contribution in [1.82, 2.24) is 0 Å². The first-order chi connectivity index (χ1) is 26.6. The predicted octanol–water partition coefficient (Wildman–Crippen LogP) is 18.0. The van der Waals surface area contributed by atoms with E-state index in [-0.39, 0.29) is 172 Å². The molecule has 0 saturated carbocycles. The van der Waals surface area contributed by atoms with Crippen molar-refractivity contribution in [1.29, 1.82) is 0 Å². The molecule has 0 aromatic heterocycles. The third-order valence-electron chi connectivity index (χ3n) is 10.6. The summed E-state index contributed by atoms with van der Waals surface area (Å²) in [7, 11) is 0. The minimum atomic E-state index is 0. The minimum absolute atomic E-state index is 0. The van der Waals surface area contributed by atoms with Gasteiger partial charge in [-0.3, -0.25) is 0 Å². The van der Waals surface area contributed by atoms with Crippen molar-refractivity contribution in [2.24, 2.45) is 0 Å². The topological polar surface area (TPSA) is 0 Å². The second-order valence-corrected chi connectivity index (χ2v) is 13.4. The molecule has 4 radical (unpaired) electrons. The second kappa shape index (κ2) is 33.6. The molecule has 0 nitrogen and oxygen atoms in total. The summed E-state index contributed by atoms with van der Waals surface area (Å²) in [5, 5.41) is 10.7. The van der Waals surface area contributed by atoms with Gasteiger partial charge in [-0.05, 0) is 100 Å². The van der Waals surface area contributed by atoms with Crippen LogP contribution in [-0.4, -0.2) is 0 Å². The van der Waals surface area contributed by atoms with Gasteiger partial charge < -0.3 is 29.7 Å². The fourth-order valence-corrected chi connectivity index (χ4v) is 8.15. The van der Waals surface area contributed by atoms with Gasteiger partial charge in [-0.2, -0.15) is 0 Å². The third kappa shape index (κ3) is 15.1. The molecule has 0 heterocycles. The number of hydrogen-bond acceptors (Lipinski definition) is 0. The molecular weight excluding hydrogens is 1050 g/mol. The summed E-state index contributed by atoms with van der Waals surface area (Å²) in [5.74, 6) is 0.479. The standard InChI is InChI=1S/C46H36.4C2H6.4CH3.4Y/c1-29-37-25-35-13-4-8-16-42(35)40(27-37)22-31-19-33-11-3-7-15-41(33)39(21-31)23-32-20-34-12-5-9-17-43(34)45(24-32)30(2)38-26-36-14-6-10-18-44(36)46(29)28-38;4*1-2;;;;;;;;/h3-21,24-30H,22-23H2,1-2H3;4*1-2H3;4*1H3;;;;/q;;;;;4*-1;;;;. The average Bonchev–Trinajstić information content (AvgIpc) is 3.25. The molecule has 0 amide bonds. The van der Waals surface area contributed by atoms with E-state index in [2.05, 4.69) is 159 Å². The van der Waals surface area contributed by atoms with Gasteiger partial charge in [0.25, 0.3) is 0 Å². The summed E-state index contributed by atoms with van der Waals surface area (Å²) >= 11 is 0. The zero-order valence-corrected chi connectivity index (χ0v) is 52.1. The summed E-state index contributed by atoms with van der Waals surface area (Å²) in [4.78, 5) is 0. The van der Waals surface area contributed by atoms with Gasteiger partial charge in [0, 0.05) is 143 Å². The van der Waals surface area contributed by atoms with Crippen LogP contribution < -0.4 is 0 Å². The van der Waals surface area contributed by atoms with Crippen LogP contribution >= 0.6 is 0 Å².